The standard InChI is InChI=1S/C13H17NO4/c15-11-2-1-3-12(8-11)18-9-13(16)14-10-4-6-17-7-5-10/h1-3,8,10,15H,4-7,9H2,(H,14,16). The second kappa shape index (κ2) is 6.26. The summed E-state index contributed by atoms with van der Waals surface area (Å²) in [5, 5.41) is 12.1. The Morgan fingerprint density at radius 3 is 2.94 bits per heavy atom. The second-order valence-corrected chi connectivity index (χ2v) is 4.24. The van der Waals surface area contributed by atoms with E-state index >= 15 is 0 Å². The first-order valence-corrected chi connectivity index (χ1v) is 6.03. The Labute approximate surface area is 106 Å². The van der Waals surface area contributed by atoms with Crippen LogP contribution in [0.3, 0.4) is 0 Å². The molecule has 0 aromatic heterocycles. The van der Waals surface area contributed by atoms with E-state index in [9.17, 15) is 9.90 Å². The lowest BCUT2D eigenvalue weighted by Crippen LogP contribution is -2.41. The summed E-state index contributed by atoms with van der Waals surface area (Å²) in [5.41, 5.74) is 0. The Morgan fingerprint density at radius 1 is 1.44 bits per heavy atom. The molecule has 0 atom stereocenters. The van der Waals surface area contributed by atoms with E-state index in [4.69, 9.17) is 9.47 Å². The van der Waals surface area contributed by atoms with E-state index in [2.05, 4.69) is 5.32 Å². The predicted octanol–water partition coefficient (Wildman–Crippen LogP) is 1.07. The minimum absolute atomic E-state index is 0.0409. The monoisotopic (exact) mass is 251 g/mol. The number of aromatic hydroxyl groups is 1. The first kappa shape index (κ1) is 12.7. The van der Waals surface area contributed by atoms with Crippen LogP contribution in [0.4, 0.5) is 0 Å². The van der Waals surface area contributed by atoms with Crippen LogP contribution in [0.5, 0.6) is 11.5 Å². The van der Waals surface area contributed by atoms with Gasteiger partial charge in [-0.25, -0.2) is 0 Å². The van der Waals surface area contributed by atoms with Gasteiger partial charge >= 0.3 is 0 Å². The molecule has 0 saturated carbocycles. The third kappa shape index (κ3) is 3.92. The van der Waals surface area contributed by atoms with Gasteiger partial charge in [0, 0.05) is 25.3 Å². The van der Waals surface area contributed by atoms with Gasteiger partial charge in [-0.1, -0.05) is 6.07 Å². The zero-order valence-electron chi connectivity index (χ0n) is 10.1. The fourth-order valence-corrected chi connectivity index (χ4v) is 1.83. The van der Waals surface area contributed by atoms with Crippen molar-refractivity contribution in [3.05, 3.63) is 24.3 Å². The lowest BCUT2D eigenvalue weighted by molar-refractivity contribution is -0.124. The van der Waals surface area contributed by atoms with Crippen LogP contribution in [0.1, 0.15) is 12.8 Å². The van der Waals surface area contributed by atoms with Crippen LogP contribution in [-0.2, 0) is 9.53 Å². The van der Waals surface area contributed by atoms with Crippen molar-refractivity contribution in [2.24, 2.45) is 0 Å². The van der Waals surface area contributed by atoms with Crippen molar-refractivity contribution in [3.63, 3.8) is 0 Å². The van der Waals surface area contributed by atoms with Gasteiger partial charge in [0.05, 0.1) is 0 Å². The molecule has 5 nitrogen and oxygen atoms in total. The first-order valence-electron chi connectivity index (χ1n) is 6.03. The Balaban J connectivity index is 1.74. The number of carbonyl (C=O) groups excluding carboxylic acids is 1. The van der Waals surface area contributed by atoms with Crippen molar-refractivity contribution in [2.45, 2.75) is 18.9 Å². The number of phenolic OH excluding ortho intramolecular Hbond substituents is 1. The zero-order valence-corrected chi connectivity index (χ0v) is 10.1. The molecule has 5 heteroatoms. The normalized spacial score (nSPS) is 16.2. The molecule has 1 fully saturated rings. The smallest absolute Gasteiger partial charge is 0.258 e. The SMILES string of the molecule is O=C(COc1cccc(O)c1)NC1CCOCC1. The van der Waals surface area contributed by atoms with Crippen LogP contribution in [0.2, 0.25) is 0 Å². The van der Waals surface area contributed by atoms with Crippen LogP contribution in [-0.4, -0.2) is 36.9 Å². The van der Waals surface area contributed by atoms with E-state index < -0.39 is 0 Å². The van der Waals surface area contributed by atoms with E-state index in [1.54, 1.807) is 18.2 Å². The Kier molecular flexibility index (Phi) is 4.41. The predicted molar refractivity (Wildman–Crippen MR) is 65.6 cm³/mol. The molecule has 2 rings (SSSR count). The molecule has 1 aliphatic rings. The van der Waals surface area contributed by atoms with E-state index in [0.29, 0.717) is 19.0 Å². The summed E-state index contributed by atoms with van der Waals surface area (Å²) in [4.78, 5) is 11.6. The highest BCUT2D eigenvalue weighted by Gasteiger charge is 2.16. The minimum Gasteiger partial charge on any atom is -0.508 e. The molecule has 1 aromatic carbocycles. The maximum Gasteiger partial charge on any atom is 0.258 e. The van der Waals surface area contributed by atoms with Crippen molar-refractivity contribution >= 4 is 5.91 Å². The largest absolute Gasteiger partial charge is 0.508 e. The van der Waals surface area contributed by atoms with Crippen molar-refractivity contribution < 1.29 is 19.4 Å². The molecule has 1 saturated heterocycles. The fraction of sp³-hybridized carbons (Fsp3) is 0.462. The summed E-state index contributed by atoms with van der Waals surface area (Å²) in [5.74, 6) is 0.458. The zero-order chi connectivity index (χ0) is 12.8. The average Bonchev–Trinajstić information content (AvgIpc) is 2.38. The third-order valence-electron chi connectivity index (χ3n) is 2.77. The molecule has 1 heterocycles. The van der Waals surface area contributed by atoms with Gasteiger partial charge in [0.15, 0.2) is 6.61 Å². The second-order valence-electron chi connectivity index (χ2n) is 4.24. The van der Waals surface area contributed by atoms with Gasteiger partial charge in [-0.2, -0.15) is 0 Å². The summed E-state index contributed by atoms with van der Waals surface area (Å²) >= 11 is 0. The summed E-state index contributed by atoms with van der Waals surface area (Å²) in [6.07, 6.45) is 1.69. The highest BCUT2D eigenvalue weighted by Crippen LogP contribution is 2.17. The molecule has 0 unspecified atom stereocenters. The quantitative estimate of drug-likeness (QED) is 0.840. The Morgan fingerprint density at radius 2 is 2.22 bits per heavy atom. The Bertz CT molecular complexity index is 402. The van der Waals surface area contributed by atoms with E-state index in [0.717, 1.165) is 12.8 Å². The van der Waals surface area contributed by atoms with E-state index in [1.165, 1.54) is 6.07 Å². The van der Waals surface area contributed by atoms with Gasteiger partial charge in [-0.15, -0.1) is 0 Å². The van der Waals surface area contributed by atoms with Gasteiger partial charge in [-0.3, -0.25) is 4.79 Å². The topological polar surface area (TPSA) is 67.8 Å². The average molecular weight is 251 g/mol. The number of hydrogen-bond donors (Lipinski definition) is 2. The van der Waals surface area contributed by atoms with Gasteiger partial charge in [0.1, 0.15) is 11.5 Å². The van der Waals surface area contributed by atoms with Crippen molar-refractivity contribution in [1.29, 1.82) is 0 Å². The lowest BCUT2D eigenvalue weighted by atomic mass is 10.1. The molecule has 1 amide bonds. The summed E-state index contributed by atoms with van der Waals surface area (Å²) in [6.45, 7) is 1.34. The van der Waals surface area contributed by atoms with Crippen molar-refractivity contribution in [1.82, 2.24) is 5.32 Å². The van der Waals surface area contributed by atoms with Gasteiger partial charge in [0.2, 0.25) is 0 Å². The molecule has 0 aliphatic carbocycles. The van der Waals surface area contributed by atoms with Crippen LogP contribution in [0.15, 0.2) is 24.3 Å². The first-order chi connectivity index (χ1) is 8.74. The number of hydrogen-bond acceptors (Lipinski definition) is 4. The lowest BCUT2D eigenvalue weighted by Gasteiger charge is -2.23. The van der Waals surface area contributed by atoms with Crippen LogP contribution >= 0.6 is 0 Å². The van der Waals surface area contributed by atoms with Crippen LogP contribution < -0.4 is 10.1 Å². The maximum absolute atomic E-state index is 11.6. The minimum atomic E-state index is -0.148. The molecule has 0 bridgehead atoms. The number of ether oxygens (including phenoxy) is 2. The molecule has 1 aliphatic heterocycles. The van der Waals surface area contributed by atoms with Crippen LogP contribution in [0, 0.1) is 0 Å². The van der Waals surface area contributed by atoms with E-state index in [1.807, 2.05) is 0 Å². The van der Waals surface area contributed by atoms with Gasteiger partial charge < -0.3 is 19.9 Å². The van der Waals surface area contributed by atoms with Crippen LogP contribution in [0.25, 0.3) is 0 Å². The molecule has 1 aromatic rings. The molecule has 0 spiro atoms. The summed E-state index contributed by atoms with van der Waals surface area (Å²) in [7, 11) is 0. The number of carbonyl (C=O) groups is 1. The summed E-state index contributed by atoms with van der Waals surface area (Å²) < 4.78 is 10.5. The van der Waals surface area contributed by atoms with Crippen molar-refractivity contribution in [3.8, 4) is 11.5 Å². The van der Waals surface area contributed by atoms with Gasteiger partial charge in [-0.05, 0) is 25.0 Å². The number of nitrogens with one attached hydrogen (secondary N) is 1. The molecule has 0 radical (unpaired) electrons. The van der Waals surface area contributed by atoms with Crippen molar-refractivity contribution in [2.75, 3.05) is 19.8 Å². The third-order valence-corrected chi connectivity index (χ3v) is 2.77. The molecule has 2 N–H and O–H groups in total. The maximum atomic E-state index is 11.6. The van der Waals surface area contributed by atoms with Gasteiger partial charge in [0.25, 0.3) is 5.91 Å². The molecular formula is C13H17NO4. The Hall–Kier alpha value is -1.75. The number of benzene rings is 1. The number of amides is 1. The highest BCUT2D eigenvalue weighted by atomic mass is 16.5. The fourth-order valence-electron chi connectivity index (χ4n) is 1.83. The number of phenols is 1. The molecule has 98 valence electrons. The molecular weight excluding hydrogens is 234 g/mol. The number of rotatable bonds is 4. The highest BCUT2D eigenvalue weighted by molar-refractivity contribution is 5.77. The molecule has 18 heavy (non-hydrogen) atoms. The summed E-state index contributed by atoms with van der Waals surface area (Å²) in [6, 6.07) is 6.57. The van der Waals surface area contributed by atoms with E-state index in [-0.39, 0.29) is 24.3 Å².